The number of hydrogen-bond donors (Lipinski definition) is 1. The van der Waals surface area contributed by atoms with Crippen LogP contribution in [-0.4, -0.2) is 30.8 Å². The molecule has 0 atom stereocenters. The molecule has 18 heavy (non-hydrogen) atoms. The van der Waals surface area contributed by atoms with Gasteiger partial charge in [0.1, 0.15) is 5.82 Å². The Morgan fingerprint density at radius 1 is 1.39 bits per heavy atom. The molecule has 0 aliphatic rings. The van der Waals surface area contributed by atoms with Crippen molar-refractivity contribution in [2.24, 2.45) is 0 Å². The summed E-state index contributed by atoms with van der Waals surface area (Å²) in [5.74, 6) is 0.306. The molecular formula is C12H14N4O2. The van der Waals surface area contributed by atoms with Crippen LogP contribution >= 0.6 is 0 Å². The van der Waals surface area contributed by atoms with Crippen LogP contribution in [0.1, 0.15) is 34.5 Å². The van der Waals surface area contributed by atoms with Crippen molar-refractivity contribution >= 4 is 5.97 Å². The monoisotopic (exact) mass is 246 g/mol. The van der Waals surface area contributed by atoms with E-state index in [1.54, 1.807) is 6.20 Å². The molecule has 0 bridgehead atoms. The van der Waals surface area contributed by atoms with Gasteiger partial charge in [0.2, 0.25) is 0 Å². The Bertz CT molecular complexity index is 604. The highest BCUT2D eigenvalue weighted by Crippen LogP contribution is 2.14. The van der Waals surface area contributed by atoms with Gasteiger partial charge in [-0.2, -0.15) is 5.10 Å². The lowest BCUT2D eigenvalue weighted by Crippen LogP contribution is -2.09. The minimum absolute atomic E-state index is 0.00344. The van der Waals surface area contributed by atoms with Gasteiger partial charge in [-0.1, -0.05) is 6.92 Å². The first-order chi connectivity index (χ1) is 8.52. The molecule has 0 aliphatic heterocycles. The van der Waals surface area contributed by atoms with E-state index < -0.39 is 5.97 Å². The number of carboxylic acid groups (broad SMARTS) is 1. The van der Waals surface area contributed by atoms with E-state index in [1.807, 2.05) is 20.8 Å². The van der Waals surface area contributed by atoms with E-state index in [0.717, 1.165) is 23.5 Å². The Labute approximate surface area is 104 Å². The van der Waals surface area contributed by atoms with Gasteiger partial charge in [0.15, 0.2) is 11.5 Å². The third kappa shape index (κ3) is 2.09. The van der Waals surface area contributed by atoms with Crippen molar-refractivity contribution in [3.05, 3.63) is 35.0 Å². The zero-order valence-corrected chi connectivity index (χ0v) is 10.5. The van der Waals surface area contributed by atoms with Crippen LogP contribution in [0.4, 0.5) is 0 Å². The van der Waals surface area contributed by atoms with Gasteiger partial charge in [-0.3, -0.25) is 0 Å². The highest BCUT2D eigenvalue weighted by Gasteiger charge is 2.12. The predicted molar refractivity (Wildman–Crippen MR) is 65.0 cm³/mol. The summed E-state index contributed by atoms with van der Waals surface area (Å²) in [6.45, 7) is 5.77. The van der Waals surface area contributed by atoms with Crippen molar-refractivity contribution in [1.29, 1.82) is 0 Å². The van der Waals surface area contributed by atoms with Crippen LogP contribution in [-0.2, 0) is 6.42 Å². The third-order valence-corrected chi connectivity index (χ3v) is 2.75. The van der Waals surface area contributed by atoms with E-state index in [9.17, 15) is 4.79 Å². The van der Waals surface area contributed by atoms with Gasteiger partial charge in [0, 0.05) is 23.9 Å². The van der Waals surface area contributed by atoms with E-state index in [1.165, 1.54) is 10.7 Å². The third-order valence-electron chi connectivity index (χ3n) is 2.75. The SMILES string of the molecule is CCc1nc(C)c(C)c(-n2ccc(C(=O)O)n2)n1. The highest BCUT2D eigenvalue weighted by molar-refractivity contribution is 5.85. The number of hydrogen-bond acceptors (Lipinski definition) is 4. The Kier molecular flexibility index (Phi) is 3.10. The largest absolute Gasteiger partial charge is 0.476 e. The van der Waals surface area contributed by atoms with Crippen LogP contribution in [0.25, 0.3) is 5.82 Å². The quantitative estimate of drug-likeness (QED) is 0.888. The molecule has 6 nitrogen and oxygen atoms in total. The fourth-order valence-corrected chi connectivity index (χ4v) is 1.61. The molecule has 0 saturated heterocycles. The lowest BCUT2D eigenvalue weighted by Gasteiger charge is -2.09. The van der Waals surface area contributed by atoms with Crippen molar-refractivity contribution in [1.82, 2.24) is 19.7 Å². The lowest BCUT2D eigenvalue weighted by atomic mass is 10.2. The molecule has 0 aliphatic carbocycles. The zero-order valence-electron chi connectivity index (χ0n) is 10.5. The molecule has 0 radical (unpaired) electrons. The smallest absolute Gasteiger partial charge is 0.356 e. The molecule has 2 aromatic rings. The Morgan fingerprint density at radius 3 is 2.67 bits per heavy atom. The number of aryl methyl sites for hydroxylation is 2. The van der Waals surface area contributed by atoms with Gasteiger partial charge in [0.25, 0.3) is 0 Å². The highest BCUT2D eigenvalue weighted by atomic mass is 16.4. The maximum absolute atomic E-state index is 10.8. The molecule has 0 spiro atoms. The topological polar surface area (TPSA) is 80.9 Å². The summed E-state index contributed by atoms with van der Waals surface area (Å²) in [6.07, 6.45) is 2.32. The number of carbonyl (C=O) groups is 1. The van der Waals surface area contributed by atoms with Crippen LogP contribution < -0.4 is 0 Å². The second-order valence-corrected chi connectivity index (χ2v) is 3.98. The maximum atomic E-state index is 10.8. The number of carboxylic acids is 1. The molecular weight excluding hydrogens is 232 g/mol. The summed E-state index contributed by atoms with van der Waals surface area (Å²) < 4.78 is 1.48. The summed E-state index contributed by atoms with van der Waals surface area (Å²) in [4.78, 5) is 19.6. The van der Waals surface area contributed by atoms with Crippen molar-refractivity contribution < 1.29 is 9.90 Å². The van der Waals surface area contributed by atoms with Gasteiger partial charge < -0.3 is 5.11 Å². The molecule has 6 heteroatoms. The molecule has 2 aromatic heterocycles. The van der Waals surface area contributed by atoms with E-state index in [2.05, 4.69) is 15.1 Å². The molecule has 1 N–H and O–H groups in total. The van der Waals surface area contributed by atoms with Crippen LogP contribution in [0, 0.1) is 13.8 Å². The molecule has 0 aromatic carbocycles. The minimum Gasteiger partial charge on any atom is -0.476 e. The van der Waals surface area contributed by atoms with Gasteiger partial charge >= 0.3 is 5.97 Å². The lowest BCUT2D eigenvalue weighted by molar-refractivity contribution is 0.0690. The van der Waals surface area contributed by atoms with Crippen molar-refractivity contribution in [3.8, 4) is 5.82 Å². The Balaban J connectivity index is 2.55. The van der Waals surface area contributed by atoms with E-state index in [4.69, 9.17) is 5.11 Å². The van der Waals surface area contributed by atoms with Crippen LogP contribution in [0.5, 0.6) is 0 Å². The van der Waals surface area contributed by atoms with E-state index >= 15 is 0 Å². The van der Waals surface area contributed by atoms with E-state index in [0.29, 0.717) is 5.82 Å². The van der Waals surface area contributed by atoms with Gasteiger partial charge in [0.05, 0.1) is 0 Å². The number of aromatic carboxylic acids is 1. The van der Waals surface area contributed by atoms with Crippen LogP contribution in [0.2, 0.25) is 0 Å². The maximum Gasteiger partial charge on any atom is 0.356 e. The standard InChI is InChI=1S/C12H14N4O2/c1-4-10-13-8(3)7(2)11(14-10)16-6-5-9(15-16)12(17)18/h5-6H,4H2,1-3H3,(H,17,18). The second kappa shape index (κ2) is 4.56. The van der Waals surface area contributed by atoms with Gasteiger partial charge in [-0.15, -0.1) is 0 Å². The van der Waals surface area contributed by atoms with Crippen molar-refractivity contribution in [2.45, 2.75) is 27.2 Å². The molecule has 2 heterocycles. The van der Waals surface area contributed by atoms with Gasteiger partial charge in [-0.05, 0) is 19.9 Å². The average Bonchev–Trinajstić information content (AvgIpc) is 2.82. The summed E-state index contributed by atoms with van der Waals surface area (Å²) in [5.41, 5.74) is 1.78. The molecule has 0 unspecified atom stereocenters. The normalized spacial score (nSPS) is 10.6. The molecule has 0 saturated carbocycles. The van der Waals surface area contributed by atoms with Crippen molar-refractivity contribution in [2.75, 3.05) is 0 Å². The fraction of sp³-hybridized carbons (Fsp3) is 0.333. The van der Waals surface area contributed by atoms with Crippen LogP contribution in [0.15, 0.2) is 12.3 Å². The first-order valence-corrected chi connectivity index (χ1v) is 5.66. The number of rotatable bonds is 3. The summed E-state index contributed by atoms with van der Waals surface area (Å²) in [7, 11) is 0. The van der Waals surface area contributed by atoms with Crippen molar-refractivity contribution in [3.63, 3.8) is 0 Å². The fourth-order valence-electron chi connectivity index (χ4n) is 1.61. The second-order valence-electron chi connectivity index (χ2n) is 3.98. The first-order valence-electron chi connectivity index (χ1n) is 5.66. The predicted octanol–water partition coefficient (Wildman–Crippen LogP) is 1.54. The first kappa shape index (κ1) is 12.2. The number of nitrogens with zero attached hydrogens (tertiary/aromatic N) is 4. The zero-order chi connectivity index (χ0) is 13.3. The summed E-state index contributed by atoms with van der Waals surface area (Å²) in [6, 6.07) is 1.45. The van der Waals surface area contributed by atoms with Gasteiger partial charge in [-0.25, -0.2) is 19.4 Å². The average molecular weight is 246 g/mol. The Morgan fingerprint density at radius 2 is 2.11 bits per heavy atom. The molecule has 0 amide bonds. The summed E-state index contributed by atoms with van der Waals surface area (Å²) in [5, 5.41) is 12.8. The molecule has 2 rings (SSSR count). The minimum atomic E-state index is -1.05. The number of aromatic nitrogens is 4. The Hall–Kier alpha value is -2.24. The molecule has 0 fully saturated rings. The van der Waals surface area contributed by atoms with E-state index in [-0.39, 0.29) is 5.69 Å². The van der Waals surface area contributed by atoms with Crippen LogP contribution in [0.3, 0.4) is 0 Å². The molecule has 94 valence electrons. The summed E-state index contributed by atoms with van der Waals surface area (Å²) >= 11 is 0.